The predicted octanol–water partition coefficient (Wildman–Crippen LogP) is 1.53. The summed E-state index contributed by atoms with van der Waals surface area (Å²) in [7, 11) is 0. The Kier molecular flexibility index (Phi) is 1.44. The molecule has 3 heteroatoms. The lowest BCUT2D eigenvalue weighted by atomic mass is 10.5. The first-order valence-corrected chi connectivity index (χ1v) is 1.27. The summed E-state index contributed by atoms with van der Waals surface area (Å²) in [5.41, 5.74) is 0. The third-order valence-electron chi connectivity index (χ3n) is 0.200. The van der Waals surface area contributed by atoms with Crippen molar-refractivity contribution in [3.05, 3.63) is 6.92 Å². The molecule has 0 spiro atoms. The Labute approximate surface area is 34.0 Å². The Morgan fingerprint density at radius 2 is 1.50 bits per heavy atom. The van der Waals surface area contributed by atoms with Gasteiger partial charge in [0.15, 0.2) is 0 Å². The van der Waals surface area contributed by atoms with E-state index in [4.69, 9.17) is 6.92 Å². The summed E-state index contributed by atoms with van der Waals surface area (Å²) in [5.74, 6) is 0. The van der Waals surface area contributed by atoms with Crippen molar-refractivity contribution in [3.63, 3.8) is 0 Å². The van der Waals surface area contributed by atoms with Crippen molar-refractivity contribution in [1.82, 2.24) is 0 Å². The van der Waals surface area contributed by atoms with Gasteiger partial charge in [-0.2, -0.15) is 13.2 Å². The van der Waals surface area contributed by atoms with Crippen molar-refractivity contribution in [1.29, 1.82) is 0 Å². The van der Waals surface area contributed by atoms with Crippen LogP contribution in [0.1, 0.15) is 6.42 Å². The molecule has 0 aliphatic rings. The van der Waals surface area contributed by atoms with Crippen molar-refractivity contribution >= 4 is 0 Å². The molecule has 0 saturated carbocycles. The first-order chi connectivity index (χ1) is 2.56. The first kappa shape index (κ1) is 5.79. The summed E-state index contributed by atoms with van der Waals surface area (Å²) in [6, 6.07) is 0. The zero-order valence-corrected chi connectivity index (χ0v) is 2.84. The Hall–Kier alpha value is -0.210. The van der Waals surface area contributed by atoms with E-state index in [2.05, 4.69) is 0 Å². The van der Waals surface area contributed by atoms with E-state index in [1.165, 1.54) is 0 Å². The van der Waals surface area contributed by atoms with E-state index in [-0.39, 0.29) is 0 Å². The lowest BCUT2D eigenvalue weighted by Gasteiger charge is -1.96. The van der Waals surface area contributed by atoms with Crippen LogP contribution in [0, 0.1) is 6.92 Å². The molecular weight excluding hydrogens is 93.0 g/mol. The van der Waals surface area contributed by atoms with Gasteiger partial charge in [-0.3, -0.25) is 0 Å². The van der Waals surface area contributed by atoms with Crippen molar-refractivity contribution < 1.29 is 13.2 Å². The summed E-state index contributed by atoms with van der Waals surface area (Å²) < 4.78 is 31.8. The number of rotatable bonds is 0. The van der Waals surface area contributed by atoms with E-state index < -0.39 is 12.6 Å². The van der Waals surface area contributed by atoms with Crippen LogP contribution in [0.2, 0.25) is 0 Å². The highest BCUT2D eigenvalue weighted by atomic mass is 19.4. The Morgan fingerprint density at radius 3 is 1.50 bits per heavy atom. The number of hydrogen-bond donors (Lipinski definition) is 0. The average Bonchev–Trinajstić information content (AvgIpc) is 1.35. The van der Waals surface area contributed by atoms with E-state index in [0.29, 0.717) is 0 Å². The standard InChI is InChI=1S/C3H2F3/c1-2-3(4,5)6/h2H2. The number of hydrogen-bond acceptors (Lipinski definition) is 0. The third kappa shape index (κ3) is 3.79. The molecule has 0 aromatic heterocycles. The minimum atomic E-state index is -4.29. The molecule has 0 atom stereocenters. The molecule has 0 rings (SSSR count). The molecule has 0 N–H and O–H groups in total. The second-order valence-electron chi connectivity index (χ2n) is 0.792. The van der Waals surface area contributed by atoms with Crippen molar-refractivity contribution in [2.24, 2.45) is 0 Å². The average molecular weight is 95.0 g/mol. The van der Waals surface area contributed by atoms with Crippen molar-refractivity contribution in [2.45, 2.75) is 12.6 Å². The molecule has 0 aromatic rings. The Morgan fingerprint density at radius 1 is 1.33 bits per heavy atom. The first-order valence-electron chi connectivity index (χ1n) is 1.27. The minimum absolute atomic E-state index is 1.48. The van der Waals surface area contributed by atoms with E-state index in [1.807, 2.05) is 0 Å². The van der Waals surface area contributed by atoms with E-state index in [9.17, 15) is 13.2 Å². The van der Waals surface area contributed by atoms with Gasteiger partial charge in [-0.25, -0.2) is 0 Å². The van der Waals surface area contributed by atoms with Crippen LogP contribution in [0.25, 0.3) is 0 Å². The van der Waals surface area contributed by atoms with Crippen molar-refractivity contribution in [2.75, 3.05) is 0 Å². The summed E-state index contributed by atoms with van der Waals surface area (Å²) in [6.07, 6.45) is -5.77. The topological polar surface area (TPSA) is 0 Å². The van der Waals surface area contributed by atoms with Gasteiger partial charge in [-0.05, 0) is 0 Å². The van der Waals surface area contributed by atoms with Gasteiger partial charge in [0.1, 0.15) is 0 Å². The molecule has 0 aliphatic heterocycles. The summed E-state index contributed by atoms with van der Waals surface area (Å²) in [5, 5.41) is 0. The number of halogens is 3. The van der Waals surface area contributed by atoms with Crippen LogP contribution < -0.4 is 0 Å². The fourth-order valence-corrected chi connectivity index (χ4v) is 0. The SMILES string of the molecule is [C]CC(F)(F)F. The highest BCUT2D eigenvalue weighted by Crippen LogP contribution is 2.17. The van der Waals surface area contributed by atoms with Crippen LogP contribution in [0.3, 0.4) is 0 Å². The van der Waals surface area contributed by atoms with Crippen LogP contribution in [-0.4, -0.2) is 6.18 Å². The van der Waals surface area contributed by atoms with Gasteiger partial charge >= 0.3 is 6.18 Å². The quantitative estimate of drug-likeness (QED) is 0.428. The lowest BCUT2D eigenvalue weighted by molar-refractivity contribution is -0.125. The van der Waals surface area contributed by atoms with Crippen molar-refractivity contribution in [3.8, 4) is 0 Å². The van der Waals surface area contributed by atoms with Gasteiger partial charge in [-0.15, -0.1) is 0 Å². The molecule has 0 saturated heterocycles. The smallest absolute Gasteiger partial charge is 0.171 e. The van der Waals surface area contributed by atoms with Crippen LogP contribution in [0.15, 0.2) is 0 Å². The van der Waals surface area contributed by atoms with E-state index in [0.717, 1.165) is 0 Å². The normalized spacial score (nSPS) is 12.0. The maximum Gasteiger partial charge on any atom is 0.389 e. The molecule has 0 nitrogen and oxygen atoms in total. The lowest BCUT2D eigenvalue weighted by Crippen LogP contribution is -2.02. The maximum atomic E-state index is 10.6. The van der Waals surface area contributed by atoms with Gasteiger partial charge in [0, 0.05) is 6.92 Å². The molecule has 6 heavy (non-hydrogen) atoms. The van der Waals surface area contributed by atoms with Gasteiger partial charge < -0.3 is 0 Å². The van der Waals surface area contributed by atoms with Gasteiger partial charge in [0.05, 0.1) is 6.42 Å². The second kappa shape index (κ2) is 1.49. The highest BCUT2D eigenvalue weighted by Gasteiger charge is 2.22. The maximum absolute atomic E-state index is 10.6. The van der Waals surface area contributed by atoms with Crippen LogP contribution in [-0.2, 0) is 0 Å². The fraction of sp³-hybridized carbons (Fsp3) is 0.667. The third-order valence-corrected chi connectivity index (χ3v) is 0.200. The number of alkyl halides is 3. The largest absolute Gasteiger partial charge is 0.389 e. The van der Waals surface area contributed by atoms with Crippen LogP contribution >= 0.6 is 0 Å². The highest BCUT2D eigenvalue weighted by molar-refractivity contribution is 4.48. The Balaban J connectivity index is 3.17. The zero-order valence-electron chi connectivity index (χ0n) is 2.84. The summed E-state index contributed by atoms with van der Waals surface area (Å²) >= 11 is 0. The Bertz CT molecular complexity index is 35.8. The monoisotopic (exact) mass is 95.0 g/mol. The van der Waals surface area contributed by atoms with Gasteiger partial charge in [0.25, 0.3) is 0 Å². The van der Waals surface area contributed by atoms with E-state index >= 15 is 0 Å². The molecule has 0 heterocycles. The molecule has 0 bridgehead atoms. The zero-order chi connectivity index (χ0) is 5.21. The molecule has 0 aromatic carbocycles. The van der Waals surface area contributed by atoms with E-state index in [1.54, 1.807) is 0 Å². The van der Waals surface area contributed by atoms with Gasteiger partial charge in [-0.1, -0.05) is 0 Å². The summed E-state index contributed by atoms with van der Waals surface area (Å²) in [6.45, 7) is 5.73. The summed E-state index contributed by atoms with van der Waals surface area (Å²) in [4.78, 5) is 0. The molecule has 0 fully saturated rings. The minimum Gasteiger partial charge on any atom is -0.171 e. The second-order valence-corrected chi connectivity index (χ2v) is 0.792. The van der Waals surface area contributed by atoms with Crippen LogP contribution in [0.4, 0.5) is 13.2 Å². The fourth-order valence-electron chi connectivity index (χ4n) is 0. The van der Waals surface area contributed by atoms with Crippen LogP contribution in [0.5, 0.6) is 0 Å². The molecule has 0 aliphatic carbocycles. The molecule has 0 unspecified atom stereocenters. The molecule has 0 amide bonds. The van der Waals surface area contributed by atoms with Gasteiger partial charge in [0.2, 0.25) is 0 Å². The molecule has 3 radical (unpaired) electrons. The predicted molar refractivity (Wildman–Crippen MR) is 13.9 cm³/mol. The molecular formula is C3H2F3. The molecule has 35 valence electrons.